The molecule has 0 aliphatic carbocycles. The van der Waals surface area contributed by atoms with Crippen LogP contribution in [0.3, 0.4) is 0 Å². The molecule has 0 spiro atoms. The lowest BCUT2D eigenvalue weighted by Gasteiger charge is -2.20. The van der Waals surface area contributed by atoms with E-state index in [0.717, 1.165) is 5.69 Å². The predicted octanol–water partition coefficient (Wildman–Crippen LogP) is 1.60. The molecule has 1 amide bonds. The van der Waals surface area contributed by atoms with E-state index in [1.54, 1.807) is 12.1 Å². The van der Waals surface area contributed by atoms with Gasteiger partial charge < -0.3 is 15.7 Å². The van der Waals surface area contributed by atoms with Crippen LogP contribution >= 0.6 is 11.6 Å². The average Bonchev–Trinajstić information content (AvgIpc) is 2.71. The number of primary amides is 1. The number of aliphatic carboxylic acids is 1. The van der Waals surface area contributed by atoms with Gasteiger partial charge in [-0.2, -0.15) is 0 Å². The lowest BCUT2D eigenvalue weighted by atomic mass is 9.99. The predicted molar refractivity (Wildman–Crippen MR) is 72.5 cm³/mol. The summed E-state index contributed by atoms with van der Waals surface area (Å²) in [5.41, 5.74) is 6.26. The molecular formula is C13H15ClN2O3. The largest absolute Gasteiger partial charge is 0.481 e. The monoisotopic (exact) mass is 282 g/mol. The van der Waals surface area contributed by atoms with Crippen molar-refractivity contribution in [3.8, 4) is 0 Å². The Balaban J connectivity index is 2.24. The normalized spacial score (nSPS) is 22.5. The van der Waals surface area contributed by atoms with E-state index in [-0.39, 0.29) is 5.92 Å². The van der Waals surface area contributed by atoms with Gasteiger partial charge in [0.2, 0.25) is 5.91 Å². The van der Waals surface area contributed by atoms with Crippen molar-refractivity contribution in [1.82, 2.24) is 0 Å². The molecule has 1 aliphatic heterocycles. The topological polar surface area (TPSA) is 83.6 Å². The number of benzene rings is 1. The Hall–Kier alpha value is -1.75. The van der Waals surface area contributed by atoms with Gasteiger partial charge in [0.1, 0.15) is 0 Å². The fourth-order valence-corrected chi connectivity index (χ4v) is 2.70. The number of carbonyl (C=O) groups is 2. The third kappa shape index (κ3) is 2.66. The number of carboxylic acid groups (broad SMARTS) is 1. The number of hydrogen-bond donors (Lipinski definition) is 2. The van der Waals surface area contributed by atoms with E-state index in [1.807, 2.05) is 11.8 Å². The van der Waals surface area contributed by atoms with Crippen LogP contribution in [-0.2, 0) is 4.79 Å². The summed E-state index contributed by atoms with van der Waals surface area (Å²) in [4.78, 5) is 24.1. The first-order chi connectivity index (χ1) is 8.90. The summed E-state index contributed by atoms with van der Waals surface area (Å²) >= 11 is 6.13. The van der Waals surface area contributed by atoms with Gasteiger partial charge in [-0.1, -0.05) is 18.5 Å². The van der Waals surface area contributed by atoms with Gasteiger partial charge in [0.25, 0.3) is 0 Å². The molecule has 1 aliphatic rings. The second kappa shape index (κ2) is 5.09. The van der Waals surface area contributed by atoms with Crippen LogP contribution in [-0.4, -0.2) is 30.1 Å². The Morgan fingerprint density at radius 2 is 2.11 bits per heavy atom. The van der Waals surface area contributed by atoms with E-state index in [1.165, 1.54) is 6.07 Å². The van der Waals surface area contributed by atoms with Crippen LogP contribution in [0.25, 0.3) is 0 Å². The molecular weight excluding hydrogens is 268 g/mol. The molecule has 1 aromatic rings. The van der Waals surface area contributed by atoms with Crippen LogP contribution in [0.1, 0.15) is 17.3 Å². The van der Waals surface area contributed by atoms with Gasteiger partial charge >= 0.3 is 5.97 Å². The zero-order valence-electron chi connectivity index (χ0n) is 10.5. The smallest absolute Gasteiger partial charge is 0.308 e. The van der Waals surface area contributed by atoms with Crippen molar-refractivity contribution < 1.29 is 14.7 Å². The number of rotatable bonds is 3. The first-order valence-electron chi connectivity index (χ1n) is 5.97. The highest BCUT2D eigenvalue weighted by Crippen LogP contribution is 2.33. The van der Waals surface area contributed by atoms with Crippen molar-refractivity contribution in [3.05, 3.63) is 28.8 Å². The summed E-state index contributed by atoms with van der Waals surface area (Å²) in [7, 11) is 0. The van der Waals surface area contributed by atoms with Gasteiger partial charge in [0.15, 0.2) is 0 Å². The van der Waals surface area contributed by atoms with Crippen LogP contribution in [0.5, 0.6) is 0 Å². The third-order valence-corrected chi connectivity index (χ3v) is 3.81. The van der Waals surface area contributed by atoms with Gasteiger partial charge in [0, 0.05) is 18.7 Å². The van der Waals surface area contributed by atoms with Gasteiger partial charge in [0.05, 0.1) is 16.6 Å². The van der Waals surface area contributed by atoms with Crippen molar-refractivity contribution in [3.63, 3.8) is 0 Å². The Morgan fingerprint density at radius 3 is 2.58 bits per heavy atom. The maximum Gasteiger partial charge on any atom is 0.308 e. The minimum Gasteiger partial charge on any atom is -0.481 e. The lowest BCUT2D eigenvalue weighted by molar-refractivity contribution is -0.142. The molecule has 0 aromatic heterocycles. The minimum absolute atomic E-state index is 0.0596. The number of hydrogen-bond acceptors (Lipinski definition) is 3. The van der Waals surface area contributed by atoms with Crippen molar-refractivity contribution in [1.29, 1.82) is 0 Å². The summed E-state index contributed by atoms with van der Waals surface area (Å²) in [6, 6.07) is 4.82. The molecule has 0 bridgehead atoms. The molecule has 0 saturated carbocycles. The number of halogens is 1. The molecule has 1 heterocycles. The standard InChI is InChI=1S/C13H15ClN2O3/c1-7-5-16(6-9(7)13(18)19)11-3-2-8(12(15)17)4-10(11)14/h2-4,7,9H,5-6H2,1H3,(H2,15,17)(H,18,19). The molecule has 1 saturated heterocycles. The third-order valence-electron chi connectivity index (χ3n) is 3.50. The van der Waals surface area contributed by atoms with E-state index in [0.29, 0.717) is 23.7 Å². The molecule has 2 atom stereocenters. The zero-order valence-corrected chi connectivity index (χ0v) is 11.2. The van der Waals surface area contributed by atoms with Crippen LogP contribution < -0.4 is 10.6 Å². The Bertz CT molecular complexity index is 533. The average molecular weight is 283 g/mol. The second-order valence-corrected chi connectivity index (χ2v) is 5.26. The second-order valence-electron chi connectivity index (χ2n) is 4.86. The molecule has 2 unspecified atom stereocenters. The number of nitrogens with zero attached hydrogens (tertiary/aromatic N) is 1. The highest BCUT2D eigenvalue weighted by Gasteiger charge is 2.35. The van der Waals surface area contributed by atoms with Crippen molar-refractivity contribution in [2.75, 3.05) is 18.0 Å². The number of anilines is 1. The molecule has 3 N–H and O–H groups in total. The first kappa shape index (κ1) is 13.7. The SMILES string of the molecule is CC1CN(c2ccc(C(N)=O)cc2Cl)CC1C(=O)O. The van der Waals surface area contributed by atoms with E-state index in [4.69, 9.17) is 22.4 Å². The summed E-state index contributed by atoms with van der Waals surface area (Å²) in [5.74, 6) is -1.66. The van der Waals surface area contributed by atoms with Crippen molar-refractivity contribution >= 4 is 29.2 Å². The van der Waals surface area contributed by atoms with Gasteiger partial charge in [-0.15, -0.1) is 0 Å². The summed E-state index contributed by atoms with van der Waals surface area (Å²) in [6.07, 6.45) is 0. The van der Waals surface area contributed by atoms with Crippen LogP contribution in [0, 0.1) is 11.8 Å². The van der Waals surface area contributed by atoms with E-state index in [2.05, 4.69) is 0 Å². The minimum atomic E-state index is -0.792. The number of amides is 1. The van der Waals surface area contributed by atoms with Crippen LogP contribution in [0.15, 0.2) is 18.2 Å². The number of nitrogens with two attached hydrogens (primary N) is 1. The molecule has 19 heavy (non-hydrogen) atoms. The highest BCUT2D eigenvalue weighted by molar-refractivity contribution is 6.33. The van der Waals surface area contributed by atoms with Gasteiger partial charge in [-0.3, -0.25) is 9.59 Å². The highest BCUT2D eigenvalue weighted by atomic mass is 35.5. The molecule has 6 heteroatoms. The van der Waals surface area contributed by atoms with Gasteiger partial charge in [-0.25, -0.2) is 0 Å². The maximum absolute atomic E-state index is 11.1. The molecule has 1 fully saturated rings. The van der Waals surface area contributed by atoms with Crippen LogP contribution in [0.4, 0.5) is 5.69 Å². The Morgan fingerprint density at radius 1 is 1.42 bits per heavy atom. The fourth-order valence-electron chi connectivity index (χ4n) is 2.40. The van der Waals surface area contributed by atoms with Crippen molar-refractivity contribution in [2.24, 2.45) is 17.6 Å². The first-order valence-corrected chi connectivity index (χ1v) is 6.35. The van der Waals surface area contributed by atoms with E-state index < -0.39 is 17.8 Å². The van der Waals surface area contributed by atoms with Gasteiger partial charge in [-0.05, 0) is 24.1 Å². The van der Waals surface area contributed by atoms with E-state index in [9.17, 15) is 9.59 Å². The molecule has 1 aromatic carbocycles. The van der Waals surface area contributed by atoms with E-state index >= 15 is 0 Å². The summed E-state index contributed by atoms with van der Waals surface area (Å²) < 4.78 is 0. The molecule has 102 valence electrons. The maximum atomic E-state index is 11.1. The molecule has 2 rings (SSSR count). The zero-order chi connectivity index (χ0) is 14.2. The Kier molecular flexibility index (Phi) is 3.66. The lowest BCUT2D eigenvalue weighted by Crippen LogP contribution is -2.23. The fraction of sp³-hybridized carbons (Fsp3) is 0.385. The summed E-state index contributed by atoms with van der Waals surface area (Å²) in [5, 5.41) is 9.53. The quantitative estimate of drug-likeness (QED) is 0.882. The number of carboxylic acids is 1. The Labute approximate surface area is 116 Å². The van der Waals surface area contributed by atoms with Crippen molar-refractivity contribution in [2.45, 2.75) is 6.92 Å². The molecule has 0 radical (unpaired) electrons. The molecule has 5 nitrogen and oxygen atoms in total. The summed E-state index contributed by atoms with van der Waals surface area (Å²) in [6.45, 7) is 2.96. The van der Waals surface area contributed by atoms with Crippen LogP contribution in [0.2, 0.25) is 5.02 Å². The number of carbonyl (C=O) groups excluding carboxylic acids is 1.